The molecule has 55 heavy (non-hydrogen) atoms. The highest BCUT2D eigenvalue weighted by atomic mass is 32.2. The van der Waals surface area contributed by atoms with Gasteiger partial charge in [-0.05, 0) is 104 Å². The summed E-state index contributed by atoms with van der Waals surface area (Å²) in [6, 6.07) is 13.4. The molecule has 0 saturated heterocycles. The van der Waals surface area contributed by atoms with Gasteiger partial charge in [-0.2, -0.15) is 0 Å². The Kier molecular flexibility index (Phi) is 15.2. The standard InChI is InChI=1S/C44H62N2O8S/c1-8-22-46(42(49)51-29-43(3,4)5)39-28-37(45-50-6)35-26-30(14-10-12-23-47)34(15-11-13-24-48)40-36-27-32(53-31-16-19-33(55-7)20-17-31)18-21-38(36)54-44(39,41(35)40)52-25-9-2/h9,16-21,26-27,30,34,39-41,47-48H,2,8,10-15,22-25,28-29H2,1,3-7H3/t30-,34+,39-,40+,41+,44+/m0/s1. The number of carbonyl (C=O) groups is 1. The number of rotatable bonds is 19. The van der Waals surface area contributed by atoms with Crippen molar-refractivity contribution in [2.45, 2.75) is 102 Å². The highest BCUT2D eigenvalue weighted by Gasteiger charge is 2.65. The Morgan fingerprint density at radius 1 is 1.07 bits per heavy atom. The quantitative estimate of drug-likeness (QED) is 0.0623. The Morgan fingerprint density at radius 3 is 2.42 bits per heavy atom. The summed E-state index contributed by atoms with van der Waals surface area (Å²) in [6.07, 6.45) is 11.5. The Morgan fingerprint density at radius 2 is 1.78 bits per heavy atom. The number of thioether (sulfide) groups is 1. The van der Waals surface area contributed by atoms with Gasteiger partial charge in [-0.1, -0.05) is 57.8 Å². The second-order valence-corrected chi connectivity index (χ2v) is 16.9. The number of benzene rings is 2. The van der Waals surface area contributed by atoms with Gasteiger partial charge in [0.1, 0.15) is 30.4 Å². The van der Waals surface area contributed by atoms with Gasteiger partial charge in [-0.15, -0.1) is 18.3 Å². The number of nitrogens with zero attached hydrogens (tertiary/aromatic N) is 2. The van der Waals surface area contributed by atoms with Crippen LogP contribution in [0.2, 0.25) is 0 Å². The van der Waals surface area contributed by atoms with Crippen LogP contribution in [0.3, 0.4) is 0 Å². The molecule has 2 aromatic carbocycles. The van der Waals surface area contributed by atoms with E-state index < -0.39 is 23.8 Å². The van der Waals surface area contributed by atoms with Gasteiger partial charge in [-0.25, -0.2) is 4.79 Å². The Labute approximate surface area is 332 Å². The molecule has 2 aliphatic carbocycles. The summed E-state index contributed by atoms with van der Waals surface area (Å²) in [5.74, 6) is 0.475. The number of ether oxygens (including phenoxy) is 4. The van der Waals surface area contributed by atoms with Crippen LogP contribution in [0, 0.1) is 23.2 Å². The van der Waals surface area contributed by atoms with E-state index in [1.165, 1.54) is 0 Å². The Balaban J connectivity index is 1.74. The van der Waals surface area contributed by atoms with E-state index in [1.807, 2.05) is 70.3 Å². The fourth-order valence-electron chi connectivity index (χ4n) is 8.58. The van der Waals surface area contributed by atoms with Crippen molar-refractivity contribution in [1.29, 1.82) is 0 Å². The molecule has 0 aromatic heterocycles. The van der Waals surface area contributed by atoms with Gasteiger partial charge in [0.05, 0.1) is 24.8 Å². The van der Waals surface area contributed by atoms with Crippen LogP contribution in [-0.2, 0) is 14.3 Å². The molecule has 2 aromatic rings. The lowest BCUT2D eigenvalue weighted by molar-refractivity contribution is -0.255. The summed E-state index contributed by atoms with van der Waals surface area (Å²) in [6.45, 7) is 13.3. The van der Waals surface area contributed by atoms with Gasteiger partial charge in [0.15, 0.2) is 0 Å². The van der Waals surface area contributed by atoms with Crippen molar-refractivity contribution in [3.63, 3.8) is 0 Å². The lowest BCUT2D eigenvalue weighted by Crippen LogP contribution is -2.70. The van der Waals surface area contributed by atoms with Crippen molar-refractivity contribution in [2.24, 2.45) is 28.3 Å². The van der Waals surface area contributed by atoms with Crippen molar-refractivity contribution >= 4 is 23.6 Å². The van der Waals surface area contributed by atoms with Crippen LogP contribution < -0.4 is 9.47 Å². The molecule has 0 radical (unpaired) electrons. The topological polar surface area (TPSA) is 119 Å². The molecule has 10 nitrogen and oxygen atoms in total. The van der Waals surface area contributed by atoms with Crippen molar-refractivity contribution in [1.82, 2.24) is 4.90 Å². The van der Waals surface area contributed by atoms with E-state index in [1.54, 1.807) is 29.8 Å². The summed E-state index contributed by atoms with van der Waals surface area (Å²) >= 11 is 1.68. The van der Waals surface area contributed by atoms with Crippen molar-refractivity contribution in [3.05, 3.63) is 72.3 Å². The minimum absolute atomic E-state index is 0.111. The van der Waals surface area contributed by atoms with Crippen LogP contribution in [0.5, 0.6) is 17.2 Å². The number of carbonyl (C=O) groups excluding carboxylic acids is 1. The predicted molar refractivity (Wildman–Crippen MR) is 218 cm³/mol. The first kappa shape index (κ1) is 42.6. The first-order valence-corrected chi connectivity index (χ1v) is 21.1. The maximum Gasteiger partial charge on any atom is 0.410 e. The van der Waals surface area contributed by atoms with Gasteiger partial charge in [0, 0.05) is 42.6 Å². The average Bonchev–Trinajstić information content (AvgIpc) is 3.17. The molecule has 5 rings (SSSR count). The second-order valence-electron chi connectivity index (χ2n) is 16.0. The third-order valence-corrected chi connectivity index (χ3v) is 11.6. The van der Waals surface area contributed by atoms with E-state index in [0.717, 1.165) is 53.2 Å². The Bertz CT molecular complexity index is 1640. The molecule has 302 valence electrons. The molecule has 1 aliphatic heterocycles. The number of fused-ring (bicyclic) bond motifs is 2. The minimum Gasteiger partial charge on any atom is -0.459 e. The van der Waals surface area contributed by atoms with Crippen LogP contribution in [0.4, 0.5) is 4.79 Å². The summed E-state index contributed by atoms with van der Waals surface area (Å²) < 4.78 is 26.8. The number of aliphatic hydroxyl groups is 2. The van der Waals surface area contributed by atoms with E-state index in [9.17, 15) is 15.0 Å². The van der Waals surface area contributed by atoms with Crippen LogP contribution in [-0.4, -0.2) is 85.1 Å². The van der Waals surface area contributed by atoms with Crippen LogP contribution in [0.25, 0.3) is 0 Å². The summed E-state index contributed by atoms with van der Waals surface area (Å²) in [5, 5.41) is 24.3. The number of oxime groups is 1. The lowest BCUT2D eigenvalue weighted by atomic mass is 9.55. The lowest BCUT2D eigenvalue weighted by Gasteiger charge is -2.60. The molecule has 1 fully saturated rings. The maximum atomic E-state index is 14.2. The van der Waals surface area contributed by atoms with Crippen molar-refractivity contribution < 1.29 is 38.8 Å². The molecule has 1 amide bonds. The molecule has 1 heterocycles. The molecule has 1 saturated carbocycles. The van der Waals surface area contributed by atoms with E-state index in [2.05, 4.69) is 23.9 Å². The van der Waals surface area contributed by atoms with Crippen LogP contribution in [0.15, 0.2) is 76.8 Å². The number of amides is 1. The highest BCUT2D eigenvalue weighted by molar-refractivity contribution is 7.98. The molecule has 0 unspecified atom stereocenters. The monoisotopic (exact) mass is 778 g/mol. The molecular weight excluding hydrogens is 717 g/mol. The fraction of sp³-hybridized carbons (Fsp3) is 0.591. The van der Waals surface area contributed by atoms with E-state index in [0.29, 0.717) is 43.7 Å². The van der Waals surface area contributed by atoms with E-state index >= 15 is 0 Å². The smallest absolute Gasteiger partial charge is 0.410 e. The summed E-state index contributed by atoms with van der Waals surface area (Å²) in [7, 11) is 1.55. The normalized spacial score (nSPS) is 24.9. The molecule has 0 bridgehead atoms. The van der Waals surface area contributed by atoms with E-state index in [4.69, 9.17) is 23.8 Å². The fourth-order valence-corrected chi connectivity index (χ4v) is 8.99. The summed E-state index contributed by atoms with van der Waals surface area (Å²) in [4.78, 5) is 22.7. The second kappa shape index (κ2) is 19.6. The van der Waals surface area contributed by atoms with Gasteiger partial charge < -0.3 is 34.0 Å². The molecular formula is C44H62N2O8S. The molecule has 6 atom stereocenters. The van der Waals surface area contributed by atoms with Crippen LogP contribution in [0.1, 0.15) is 90.5 Å². The molecule has 0 spiro atoms. The first-order chi connectivity index (χ1) is 26.5. The van der Waals surface area contributed by atoms with Crippen molar-refractivity contribution in [2.75, 3.05) is 46.3 Å². The van der Waals surface area contributed by atoms with Gasteiger partial charge in [0.2, 0.25) is 5.79 Å². The van der Waals surface area contributed by atoms with Gasteiger partial charge >= 0.3 is 6.09 Å². The largest absolute Gasteiger partial charge is 0.459 e. The highest BCUT2D eigenvalue weighted by Crippen LogP contribution is 2.62. The van der Waals surface area contributed by atoms with Gasteiger partial charge in [0.25, 0.3) is 0 Å². The zero-order valence-electron chi connectivity index (χ0n) is 33.6. The predicted octanol–water partition coefficient (Wildman–Crippen LogP) is 9.36. The van der Waals surface area contributed by atoms with Crippen LogP contribution >= 0.6 is 11.8 Å². The third kappa shape index (κ3) is 9.90. The van der Waals surface area contributed by atoms with Gasteiger partial charge in [-0.3, -0.25) is 4.90 Å². The number of hydrogen-bond acceptors (Lipinski definition) is 10. The first-order valence-electron chi connectivity index (χ1n) is 19.9. The van der Waals surface area contributed by atoms with Crippen molar-refractivity contribution in [3.8, 4) is 17.2 Å². The third-order valence-electron chi connectivity index (χ3n) is 10.8. The zero-order chi connectivity index (χ0) is 39.6. The number of hydrogen-bond donors (Lipinski definition) is 2. The molecule has 3 aliphatic rings. The number of unbranched alkanes of at least 4 members (excludes halogenated alkanes) is 2. The number of allylic oxidation sites excluding steroid dienone is 1. The average molecular weight is 779 g/mol. The number of aliphatic hydroxyl groups excluding tert-OH is 2. The summed E-state index contributed by atoms with van der Waals surface area (Å²) in [5.41, 5.74) is 2.51. The SMILES string of the molecule is C=CCO[C@@]12Oc3ccc(Oc4ccc(SC)cc4)cc3[C@H]3[C@H](CCCCO)[C@@H](CCCCO)C=C(C(=NOC)C[C@@H]1N(CCC)C(=O)OCC(C)(C)C)[C@H]32. The zero-order valence-corrected chi connectivity index (χ0v) is 34.4. The van der Waals surface area contributed by atoms with E-state index in [-0.39, 0.29) is 49.6 Å². The molecule has 11 heteroatoms. The minimum atomic E-state index is -1.33. The molecule has 2 N–H and O–H groups in total. The Hall–Kier alpha value is -3.51. The maximum absolute atomic E-state index is 14.2.